The molecule has 0 unspecified atom stereocenters. The summed E-state index contributed by atoms with van der Waals surface area (Å²) in [5, 5.41) is 0. The molecule has 132 valence electrons. The molecule has 0 N–H and O–H groups in total. The molecule has 0 spiro atoms. The Balaban J connectivity index is 2.12. The maximum absolute atomic E-state index is 12.1. The molecule has 0 heterocycles. The fourth-order valence-electron chi connectivity index (χ4n) is 2.21. The Morgan fingerprint density at radius 2 is 1.72 bits per heavy atom. The predicted molar refractivity (Wildman–Crippen MR) is 94.0 cm³/mol. The highest BCUT2D eigenvalue weighted by molar-refractivity contribution is 5.98. The van der Waals surface area contributed by atoms with Crippen LogP contribution in [-0.2, 0) is 16.1 Å². The summed E-state index contributed by atoms with van der Waals surface area (Å²) in [6, 6.07) is 14.8. The van der Waals surface area contributed by atoms with Crippen molar-refractivity contribution in [2.24, 2.45) is 0 Å². The molecule has 0 aliphatic carbocycles. The Hall–Kier alpha value is -2.82. The molecule has 0 atom stereocenters. The van der Waals surface area contributed by atoms with E-state index in [1.165, 1.54) is 0 Å². The lowest BCUT2D eigenvalue weighted by Crippen LogP contribution is -2.16. The minimum Gasteiger partial charge on any atom is -0.489 e. The summed E-state index contributed by atoms with van der Waals surface area (Å²) in [5.41, 5.74) is 1.46. The van der Waals surface area contributed by atoms with Gasteiger partial charge in [0.2, 0.25) is 0 Å². The molecule has 0 bridgehead atoms. The summed E-state index contributed by atoms with van der Waals surface area (Å²) in [6.45, 7) is 3.93. The van der Waals surface area contributed by atoms with Gasteiger partial charge < -0.3 is 14.2 Å². The molecule has 2 aromatic rings. The molecule has 25 heavy (non-hydrogen) atoms. The van der Waals surface area contributed by atoms with Crippen molar-refractivity contribution in [2.45, 2.75) is 26.9 Å². The molecule has 2 rings (SSSR count). The number of Topliss-reactive ketones (excluding diaryl/α,β-unsaturated/α-hetero) is 1. The topological polar surface area (TPSA) is 61.8 Å². The van der Waals surface area contributed by atoms with Crippen LogP contribution in [0, 0.1) is 0 Å². The van der Waals surface area contributed by atoms with Crippen LogP contribution in [0.4, 0.5) is 0 Å². The number of esters is 1. The molecule has 0 radical (unpaired) electrons. The number of carbonyl (C=O) groups excluding carboxylic acids is 2. The van der Waals surface area contributed by atoms with Gasteiger partial charge >= 0.3 is 5.97 Å². The summed E-state index contributed by atoms with van der Waals surface area (Å²) in [6.07, 6.45) is 0.347. The third-order valence-electron chi connectivity index (χ3n) is 3.47. The molecule has 0 aliphatic rings. The molecule has 0 fully saturated rings. The molecule has 0 saturated heterocycles. The molecule has 5 nitrogen and oxygen atoms in total. The second kappa shape index (κ2) is 9.47. The van der Waals surface area contributed by atoms with E-state index in [1.54, 1.807) is 32.0 Å². The number of benzene rings is 2. The van der Waals surface area contributed by atoms with Crippen molar-refractivity contribution in [3.8, 4) is 11.5 Å². The van der Waals surface area contributed by atoms with Crippen molar-refractivity contribution >= 4 is 11.8 Å². The third-order valence-corrected chi connectivity index (χ3v) is 3.47. The molecular weight excluding hydrogens is 320 g/mol. The largest absolute Gasteiger partial charge is 0.489 e. The zero-order chi connectivity index (χ0) is 18.1. The molecule has 0 amide bonds. The van der Waals surface area contributed by atoms with Crippen molar-refractivity contribution in [3.63, 3.8) is 0 Å². The van der Waals surface area contributed by atoms with Gasteiger partial charge in [-0.25, -0.2) is 4.79 Å². The van der Waals surface area contributed by atoms with Crippen LogP contribution in [0.5, 0.6) is 11.5 Å². The number of carbonyl (C=O) groups is 2. The van der Waals surface area contributed by atoms with Crippen molar-refractivity contribution in [2.75, 3.05) is 13.2 Å². The Kier molecular flexibility index (Phi) is 7.01. The van der Waals surface area contributed by atoms with E-state index in [4.69, 9.17) is 14.2 Å². The first kappa shape index (κ1) is 18.5. The summed E-state index contributed by atoms with van der Waals surface area (Å²) < 4.78 is 16.1. The van der Waals surface area contributed by atoms with Gasteiger partial charge in [-0.05, 0) is 24.6 Å². The molecule has 2 aromatic carbocycles. The maximum atomic E-state index is 12.1. The van der Waals surface area contributed by atoms with E-state index in [1.807, 2.05) is 30.3 Å². The average molecular weight is 342 g/mol. The van der Waals surface area contributed by atoms with Crippen LogP contribution in [0.15, 0.2) is 48.5 Å². The highest BCUT2D eigenvalue weighted by Gasteiger charge is 2.14. The highest BCUT2D eigenvalue weighted by Crippen LogP contribution is 2.27. The predicted octanol–water partition coefficient (Wildman–Crippen LogP) is 3.80. The minimum absolute atomic E-state index is 0.0616. The van der Waals surface area contributed by atoms with Crippen molar-refractivity contribution in [3.05, 3.63) is 59.7 Å². The lowest BCUT2D eigenvalue weighted by atomic mass is 10.1. The Labute approximate surface area is 147 Å². The zero-order valence-electron chi connectivity index (χ0n) is 14.5. The number of hydrogen-bond acceptors (Lipinski definition) is 5. The lowest BCUT2D eigenvalue weighted by Gasteiger charge is -2.13. The van der Waals surface area contributed by atoms with Gasteiger partial charge in [0.05, 0.1) is 12.2 Å². The van der Waals surface area contributed by atoms with Crippen LogP contribution >= 0.6 is 0 Å². The smallest absolute Gasteiger partial charge is 0.344 e. The van der Waals surface area contributed by atoms with Crippen molar-refractivity contribution < 1.29 is 23.8 Å². The number of ether oxygens (including phenoxy) is 3. The summed E-state index contributed by atoms with van der Waals surface area (Å²) in [7, 11) is 0. The first-order valence-electron chi connectivity index (χ1n) is 8.26. The van der Waals surface area contributed by atoms with Gasteiger partial charge in [0.25, 0.3) is 0 Å². The molecule has 0 saturated carbocycles. The lowest BCUT2D eigenvalue weighted by molar-refractivity contribution is -0.145. The maximum Gasteiger partial charge on any atom is 0.344 e. The minimum atomic E-state index is -0.479. The molecular formula is C20H22O5. The highest BCUT2D eigenvalue weighted by atomic mass is 16.6. The normalized spacial score (nSPS) is 10.2. The van der Waals surface area contributed by atoms with Gasteiger partial charge in [-0.3, -0.25) is 4.79 Å². The van der Waals surface area contributed by atoms with E-state index in [2.05, 4.69) is 0 Å². The second-order valence-electron chi connectivity index (χ2n) is 5.30. The standard InChI is InChI=1S/C20H22O5/c1-3-18(21)17-11-10-16(24-13-15-8-6-5-7-9-15)12-19(17)25-14-20(22)23-4-2/h5-12H,3-4,13-14H2,1-2H3. The number of rotatable bonds is 9. The third kappa shape index (κ3) is 5.64. The Morgan fingerprint density at radius 3 is 2.40 bits per heavy atom. The van der Waals surface area contributed by atoms with Crippen LogP contribution < -0.4 is 9.47 Å². The number of hydrogen-bond donors (Lipinski definition) is 0. The van der Waals surface area contributed by atoms with E-state index in [-0.39, 0.29) is 19.0 Å². The number of ketones is 1. The van der Waals surface area contributed by atoms with Crippen LogP contribution in [0.25, 0.3) is 0 Å². The zero-order valence-corrected chi connectivity index (χ0v) is 14.5. The summed E-state index contributed by atoms with van der Waals surface area (Å²) in [4.78, 5) is 23.6. The van der Waals surface area contributed by atoms with Crippen LogP contribution in [0.2, 0.25) is 0 Å². The molecule has 5 heteroatoms. The fourth-order valence-corrected chi connectivity index (χ4v) is 2.21. The SMILES string of the molecule is CCOC(=O)COc1cc(OCc2ccccc2)ccc1C(=O)CC. The van der Waals surface area contributed by atoms with Gasteiger partial charge in [-0.2, -0.15) is 0 Å². The Bertz CT molecular complexity index is 709. The summed E-state index contributed by atoms with van der Waals surface area (Å²) >= 11 is 0. The van der Waals surface area contributed by atoms with Gasteiger partial charge in [0.1, 0.15) is 18.1 Å². The summed E-state index contributed by atoms with van der Waals surface area (Å²) in [5.74, 6) is 0.349. The van der Waals surface area contributed by atoms with Gasteiger partial charge in [-0.1, -0.05) is 37.3 Å². The first-order chi connectivity index (χ1) is 12.1. The fraction of sp³-hybridized carbons (Fsp3) is 0.300. The van der Waals surface area contributed by atoms with Crippen molar-refractivity contribution in [1.29, 1.82) is 0 Å². The van der Waals surface area contributed by atoms with Crippen molar-refractivity contribution in [1.82, 2.24) is 0 Å². The van der Waals surface area contributed by atoms with E-state index in [0.717, 1.165) is 5.56 Å². The van der Waals surface area contributed by atoms with Crippen LogP contribution in [0.3, 0.4) is 0 Å². The monoisotopic (exact) mass is 342 g/mol. The van der Waals surface area contributed by atoms with Gasteiger partial charge in [0.15, 0.2) is 12.4 Å². The quantitative estimate of drug-likeness (QED) is 0.512. The van der Waals surface area contributed by atoms with Crippen LogP contribution in [-0.4, -0.2) is 25.0 Å². The first-order valence-corrected chi connectivity index (χ1v) is 8.26. The van der Waals surface area contributed by atoms with E-state index in [0.29, 0.717) is 30.1 Å². The van der Waals surface area contributed by atoms with Gasteiger partial charge in [-0.15, -0.1) is 0 Å². The van der Waals surface area contributed by atoms with Gasteiger partial charge in [0, 0.05) is 12.5 Å². The average Bonchev–Trinajstić information content (AvgIpc) is 2.65. The van der Waals surface area contributed by atoms with E-state index >= 15 is 0 Å². The second-order valence-corrected chi connectivity index (χ2v) is 5.30. The molecule has 0 aliphatic heterocycles. The van der Waals surface area contributed by atoms with E-state index < -0.39 is 5.97 Å². The van der Waals surface area contributed by atoms with Crippen LogP contribution in [0.1, 0.15) is 36.2 Å². The molecule has 0 aromatic heterocycles. The van der Waals surface area contributed by atoms with E-state index in [9.17, 15) is 9.59 Å². The Morgan fingerprint density at radius 1 is 0.960 bits per heavy atom.